The number of cyclic esters (lactones) is 1. The molecule has 16 heteroatoms. The molecule has 0 spiro atoms. The minimum atomic E-state index is -2.48. The van der Waals surface area contributed by atoms with Crippen LogP contribution in [0.5, 0.6) is 0 Å². The predicted octanol–water partition coefficient (Wildman–Crippen LogP) is -0.575. The number of aliphatic hydroxyl groups is 7. The molecule has 3 fully saturated rings. The molecule has 0 amide bonds. The number of ketones is 1. The first-order valence-corrected chi connectivity index (χ1v) is 18.4. The first-order valence-electron chi connectivity index (χ1n) is 18.4. The molecular formula is C38H52O16. The van der Waals surface area contributed by atoms with Gasteiger partial charge in [-0.2, -0.15) is 0 Å². The second kappa shape index (κ2) is 14.2. The average molecular weight is 765 g/mol. The third-order valence-electron chi connectivity index (χ3n) is 13.7. The SMILES string of the molecule is CC(=O)OC[C@]12CC[C@H]3[C@@H](CC=C4CC=CC(=O)[C@@]43C)[C@]1(O)[C@@H](OC(C)=O)C[C@@]2(O)[C@@](C)(O)[C@H]1CC(COC2OC(CO)C(O)C(O)C2O)=C(C)C(=O)O1. The predicted molar refractivity (Wildman–Crippen MR) is 182 cm³/mol. The summed E-state index contributed by atoms with van der Waals surface area (Å²) in [6.07, 6.45) is -5.53. The van der Waals surface area contributed by atoms with Crippen molar-refractivity contribution in [3.8, 4) is 0 Å². The Bertz CT molecular complexity index is 1650. The van der Waals surface area contributed by atoms with Gasteiger partial charge in [0.15, 0.2) is 12.1 Å². The molecule has 1 saturated heterocycles. The summed E-state index contributed by atoms with van der Waals surface area (Å²) in [4.78, 5) is 52.1. The van der Waals surface area contributed by atoms with Crippen LogP contribution in [0.2, 0.25) is 0 Å². The molecule has 6 aliphatic rings. The van der Waals surface area contributed by atoms with Gasteiger partial charge < -0.3 is 59.4 Å². The quantitative estimate of drug-likeness (QED) is 0.0881. The van der Waals surface area contributed by atoms with Crippen molar-refractivity contribution in [3.05, 3.63) is 34.9 Å². The van der Waals surface area contributed by atoms with Crippen LogP contribution in [0.1, 0.15) is 73.1 Å². The molecule has 0 aromatic rings. The standard InChI is InChI=1S/C38H52O16/c1-18-21(16-50-33-31(45)30(44)29(43)25(15-39)53-33)13-27(54-32(18)46)35(5,47)37(48)14-28(52-20(3)41)38(49)24-10-9-22-7-6-8-26(42)34(22,4)23(24)11-12-36(37,38)17-51-19(2)40/h6,8-9,23-25,27-31,33,39,43-45,47-49H,7,10-17H2,1-5H3/t23-,24+,25?,27+,28-,29?,30?,31?,33?,34-,35-,36-,37+,38-/m0/s1. The van der Waals surface area contributed by atoms with Gasteiger partial charge in [-0.05, 0) is 69.9 Å². The lowest BCUT2D eigenvalue weighted by atomic mass is 9.44. The fourth-order valence-corrected chi connectivity index (χ4v) is 10.5. The van der Waals surface area contributed by atoms with Crippen molar-refractivity contribution in [2.45, 2.75) is 133 Å². The van der Waals surface area contributed by atoms with Gasteiger partial charge in [-0.3, -0.25) is 14.4 Å². The van der Waals surface area contributed by atoms with Gasteiger partial charge >= 0.3 is 17.9 Å². The Hall–Kier alpha value is -3.06. The van der Waals surface area contributed by atoms with Crippen LogP contribution in [0, 0.1) is 22.7 Å². The summed E-state index contributed by atoms with van der Waals surface area (Å²) in [5.74, 6) is -3.87. The Morgan fingerprint density at radius 1 is 1.06 bits per heavy atom. The summed E-state index contributed by atoms with van der Waals surface area (Å²) < 4.78 is 28.3. The number of aliphatic hydroxyl groups excluding tert-OH is 4. The van der Waals surface area contributed by atoms with Crippen LogP contribution in [-0.4, -0.2) is 139 Å². The molecule has 300 valence electrons. The van der Waals surface area contributed by atoms with Crippen molar-refractivity contribution >= 4 is 23.7 Å². The van der Waals surface area contributed by atoms with Crippen LogP contribution in [0.25, 0.3) is 0 Å². The van der Waals surface area contributed by atoms with E-state index in [-0.39, 0.29) is 42.6 Å². The highest BCUT2D eigenvalue weighted by Crippen LogP contribution is 2.71. The van der Waals surface area contributed by atoms with Crippen LogP contribution in [0.15, 0.2) is 34.9 Å². The molecule has 5 unspecified atom stereocenters. The summed E-state index contributed by atoms with van der Waals surface area (Å²) in [7, 11) is 0. The highest BCUT2D eigenvalue weighted by Gasteiger charge is 2.82. The first kappa shape index (κ1) is 40.6. The number of hydrogen-bond donors (Lipinski definition) is 7. The molecule has 14 atom stereocenters. The Kier molecular flexibility index (Phi) is 10.6. The van der Waals surface area contributed by atoms with Gasteiger partial charge in [0.2, 0.25) is 0 Å². The summed E-state index contributed by atoms with van der Waals surface area (Å²) in [6.45, 7) is 5.07. The molecule has 7 N–H and O–H groups in total. The van der Waals surface area contributed by atoms with Gasteiger partial charge in [0, 0.05) is 32.3 Å². The second-order valence-electron chi connectivity index (χ2n) is 16.2. The monoisotopic (exact) mass is 764 g/mol. The normalized spacial score (nSPS) is 44.3. The fourth-order valence-electron chi connectivity index (χ4n) is 10.5. The number of fused-ring (bicyclic) bond motifs is 5. The summed E-state index contributed by atoms with van der Waals surface area (Å²) in [5.41, 5.74) is -8.82. The van der Waals surface area contributed by atoms with Crippen molar-refractivity contribution < 1.29 is 78.6 Å². The van der Waals surface area contributed by atoms with E-state index in [9.17, 15) is 54.9 Å². The topological polar surface area (TPSA) is 256 Å². The zero-order chi connectivity index (χ0) is 39.8. The lowest BCUT2D eigenvalue weighted by Gasteiger charge is -2.63. The maximum absolute atomic E-state index is 13.6. The van der Waals surface area contributed by atoms with E-state index in [4.69, 9.17) is 23.7 Å². The molecule has 2 aliphatic heterocycles. The van der Waals surface area contributed by atoms with Crippen molar-refractivity contribution in [1.29, 1.82) is 0 Å². The molecule has 0 radical (unpaired) electrons. The molecule has 0 bridgehead atoms. The fraction of sp³-hybridized carbons (Fsp3) is 0.737. The van der Waals surface area contributed by atoms with Crippen molar-refractivity contribution in [3.63, 3.8) is 0 Å². The summed E-state index contributed by atoms with van der Waals surface area (Å²) >= 11 is 0. The highest BCUT2D eigenvalue weighted by atomic mass is 16.7. The third-order valence-corrected chi connectivity index (χ3v) is 13.7. The lowest BCUT2D eigenvalue weighted by molar-refractivity contribution is -0.302. The minimum absolute atomic E-state index is 0.0821. The molecule has 0 aromatic heterocycles. The largest absolute Gasteiger partial charge is 0.465 e. The van der Waals surface area contributed by atoms with E-state index in [1.807, 2.05) is 13.0 Å². The Balaban J connectivity index is 1.38. The van der Waals surface area contributed by atoms with Crippen molar-refractivity contribution in [1.82, 2.24) is 0 Å². The average Bonchev–Trinajstić information content (AvgIpc) is 3.31. The number of hydrogen-bond acceptors (Lipinski definition) is 16. The zero-order valence-electron chi connectivity index (χ0n) is 31.1. The third kappa shape index (κ3) is 5.83. The maximum Gasteiger partial charge on any atom is 0.334 e. The summed E-state index contributed by atoms with van der Waals surface area (Å²) in [5, 5.41) is 79.7. The van der Waals surface area contributed by atoms with E-state index in [1.165, 1.54) is 19.9 Å². The Morgan fingerprint density at radius 2 is 1.76 bits per heavy atom. The molecule has 2 saturated carbocycles. The molecule has 4 aliphatic carbocycles. The van der Waals surface area contributed by atoms with Crippen LogP contribution < -0.4 is 0 Å². The van der Waals surface area contributed by atoms with Gasteiger partial charge in [-0.1, -0.05) is 17.7 Å². The molecule has 2 heterocycles. The lowest BCUT2D eigenvalue weighted by Crippen LogP contribution is -2.75. The first-order chi connectivity index (χ1) is 25.2. The Labute approximate surface area is 312 Å². The van der Waals surface area contributed by atoms with E-state index in [0.29, 0.717) is 6.42 Å². The van der Waals surface area contributed by atoms with Gasteiger partial charge in [0.1, 0.15) is 60.0 Å². The zero-order valence-corrected chi connectivity index (χ0v) is 31.1. The Morgan fingerprint density at radius 3 is 2.41 bits per heavy atom. The van der Waals surface area contributed by atoms with E-state index in [0.717, 1.165) is 19.4 Å². The number of carbonyl (C=O) groups excluding carboxylic acids is 4. The van der Waals surface area contributed by atoms with Gasteiger partial charge in [0.05, 0.1) is 24.0 Å². The van der Waals surface area contributed by atoms with E-state index < -0.39 is 127 Å². The second-order valence-corrected chi connectivity index (χ2v) is 16.2. The van der Waals surface area contributed by atoms with Gasteiger partial charge in [-0.25, -0.2) is 4.79 Å². The van der Waals surface area contributed by atoms with Crippen molar-refractivity contribution in [2.75, 3.05) is 19.8 Å². The highest BCUT2D eigenvalue weighted by molar-refractivity contribution is 5.98. The van der Waals surface area contributed by atoms with E-state index in [1.54, 1.807) is 6.08 Å². The number of carbonyl (C=O) groups is 4. The van der Waals surface area contributed by atoms with E-state index in [2.05, 4.69) is 0 Å². The van der Waals surface area contributed by atoms with E-state index >= 15 is 0 Å². The summed E-state index contributed by atoms with van der Waals surface area (Å²) in [6, 6.07) is 0. The van der Waals surface area contributed by atoms with Crippen LogP contribution in [0.3, 0.4) is 0 Å². The minimum Gasteiger partial charge on any atom is -0.465 e. The molecule has 0 aromatic carbocycles. The van der Waals surface area contributed by atoms with Crippen LogP contribution in [0.4, 0.5) is 0 Å². The molecule has 6 rings (SSSR count). The van der Waals surface area contributed by atoms with Crippen molar-refractivity contribution in [2.24, 2.45) is 22.7 Å². The van der Waals surface area contributed by atoms with Crippen LogP contribution in [-0.2, 0) is 42.9 Å². The number of allylic oxidation sites excluding steroid dienone is 4. The molecule has 54 heavy (non-hydrogen) atoms. The number of ether oxygens (including phenoxy) is 5. The maximum atomic E-state index is 13.6. The number of esters is 3. The smallest absolute Gasteiger partial charge is 0.334 e. The molecular weight excluding hydrogens is 712 g/mol. The van der Waals surface area contributed by atoms with Gasteiger partial charge in [-0.15, -0.1) is 0 Å². The number of rotatable bonds is 9. The molecule has 16 nitrogen and oxygen atoms in total. The van der Waals surface area contributed by atoms with Gasteiger partial charge in [0.25, 0.3) is 0 Å². The van der Waals surface area contributed by atoms with Crippen LogP contribution >= 0.6 is 0 Å².